The molecule has 0 saturated heterocycles. The highest BCUT2D eigenvalue weighted by Crippen LogP contribution is 2.33. The molecule has 152 valence electrons. The molecule has 0 aliphatic rings. The molecule has 3 aromatic carbocycles. The van der Waals surface area contributed by atoms with E-state index in [0.29, 0.717) is 6.07 Å². The van der Waals surface area contributed by atoms with E-state index in [1.54, 1.807) is 0 Å². The standard InChI is InChI=1S/C19H15N5O6/c25-18(11-20-15-6-5-12-3-1-2-4-13(12)7-15)22-21-10-14-8-16(23(27)28)9-17(19(14)26)24(29)30/h1-10,20,26H,11H2,(H,22,25)/b21-10+. The molecule has 0 aliphatic heterocycles. The second-order valence-electron chi connectivity index (χ2n) is 6.13. The normalized spacial score (nSPS) is 10.8. The van der Waals surface area contributed by atoms with Crippen LogP contribution in [0.2, 0.25) is 0 Å². The number of phenolic OH excluding ortho intramolecular Hbond substituents is 1. The van der Waals surface area contributed by atoms with Crippen LogP contribution in [0.15, 0.2) is 59.7 Å². The second-order valence-corrected chi connectivity index (χ2v) is 6.13. The van der Waals surface area contributed by atoms with E-state index in [1.807, 2.05) is 42.5 Å². The molecular formula is C19H15N5O6. The van der Waals surface area contributed by atoms with Crippen LogP contribution in [0.25, 0.3) is 10.8 Å². The number of hydrogen-bond acceptors (Lipinski definition) is 8. The van der Waals surface area contributed by atoms with Crippen LogP contribution in [0.5, 0.6) is 5.75 Å². The lowest BCUT2D eigenvalue weighted by Gasteiger charge is -2.07. The Hall–Kier alpha value is -4.54. The zero-order valence-electron chi connectivity index (χ0n) is 15.3. The molecule has 0 heterocycles. The summed E-state index contributed by atoms with van der Waals surface area (Å²) in [6.07, 6.45) is 0.892. The van der Waals surface area contributed by atoms with Crippen LogP contribution in [0, 0.1) is 20.2 Å². The van der Waals surface area contributed by atoms with Crippen LogP contribution in [0.4, 0.5) is 17.1 Å². The Bertz CT molecular complexity index is 1180. The monoisotopic (exact) mass is 409 g/mol. The fourth-order valence-corrected chi connectivity index (χ4v) is 2.66. The minimum absolute atomic E-state index is 0.114. The molecule has 3 N–H and O–H groups in total. The number of nitrogens with one attached hydrogen (secondary N) is 2. The first-order valence-electron chi connectivity index (χ1n) is 8.55. The third-order valence-electron chi connectivity index (χ3n) is 4.11. The topological polar surface area (TPSA) is 160 Å². The van der Waals surface area contributed by atoms with Gasteiger partial charge in [0.25, 0.3) is 11.6 Å². The van der Waals surface area contributed by atoms with E-state index in [2.05, 4.69) is 15.8 Å². The highest BCUT2D eigenvalue weighted by atomic mass is 16.6. The molecule has 1 amide bonds. The summed E-state index contributed by atoms with van der Waals surface area (Å²) in [5.41, 5.74) is 1.19. The zero-order chi connectivity index (χ0) is 21.7. The van der Waals surface area contributed by atoms with E-state index in [4.69, 9.17) is 0 Å². The first kappa shape index (κ1) is 20.2. The van der Waals surface area contributed by atoms with Gasteiger partial charge in [-0.25, -0.2) is 5.43 Å². The Morgan fingerprint density at radius 3 is 2.47 bits per heavy atom. The van der Waals surface area contributed by atoms with Crippen molar-refractivity contribution in [1.29, 1.82) is 0 Å². The van der Waals surface area contributed by atoms with Crippen LogP contribution in [-0.4, -0.2) is 33.6 Å². The lowest BCUT2D eigenvalue weighted by atomic mass is 10.1. The second kappa shape index (κ2) is 8.65. The summed E-state index contributed by atoms with van der Waals surface area (Å²) in [5, 5.41) is 40.3. The zero-order valence-corrected chi connectivity index (χ0v) is 15.3. The van der Waals surface area contributed by atoms with Crippen molar-refractivity contribution in [2.24, 2.45) is 5.10 Å². The van der Waals surface area contributed by atoms with Crippen LogP contribution < -0.4 is 10.7 Å². The summed E-state index contributed by atoms with van der Waals surface area (Å²) in [6.45, 7) is -0.114. The highest BCUT2D eigenvalue weighted by molar-refractivity contribution is 5.89. The molecule has 3 rings (SSSR count). The third-order valence-corrected chi connectivity index (χ3v) is 4.11. The fraction of sp³-hybridized carbons (Fsp3) is 0.0526. The van der Waals surface area contributed by atoms with E-state index in [0.717, 1.165) is 28.7 Å². The van der Waals surface area contributed by atoms with E-state index in [9.17, 15) is 30.1 Å². The van der Waals surface area contributed by atoms with Crippen LogP contribution in [0.1, 0.15) is 5.56 Å². The van der Waals surface area contributed by atoms with Gasteiger partial charge in [-0.2, -0.15) is 5.10 Å². The van der Waals surface area contributed by atoms with Gasteiger partial charge in [0.05, 0.1) is 34.2 Å². The molecule has 0 bridgehead atoms. The van der Waals surface area contributed by atoms with Gasteiger partial charge in [0, 0.05) is 11.8 Å². The van der Waals surface area contributed by atoms with E-state index in [-0.39, 0.29) is 12.1 Å². The molecule has 0 fully saturated rings. The van der Waals surface area contributed by atoms with Gasteiger partial charge in [-0.05, 0) is 22.9 Å². The number of hydrazone groups is 1. The van der Waals surface area contributed by atoms with Gasteiger partial charge in [-0.1, -0.05) is 30.3 Å². The first-order chi connectivity index (χ1) is 14.3. The number of amides is 1. The lowest BCUT2D eigenvalue weighted by molar-refractivity contribution is -0.394. The lowest BCUT2D eigenvalue weighted by Crippen LogP contribution is -2.25. The molecule has 0 radical (unpaired) electrons. The Morgan fingerprint density at radius 1 is 1.03 bits per heavy atom. The molecule has 0 aromatic heterocycles. The Labute approximate surface area is 168 Å². The van der Waals surface area contributed by atoms with E-state index in [1.165, 1.54) is 0 Å². The maximum Gasteiger partial charge on any atom is 0.318 e. The number of nitro benzene ring substituents is 2. The predicted octanol–water partition coefficient (Wildman–Crippen LogP) is 2.92. The minimum atomic E-state index is -0.953. The van der Waals surface area contributed by atoms with Crippen LogP contribution in [0.3, 0.4) is 0 Å². The number of phenols is 1. The fourth-order valence-electron chi connectivity index (χ4n) is 2.66. The molecule has 0 unspecified atom stereocenters. The molecule has 0 aliphatic carbocycles. The number of non-ortho nitro benzene ring substituents is 1. The molecule has 11 heteroatoms. The number of carbonyl (C=O) groups is 1. The summed E-state index contributed by atoms with van der Waals surface area (Å²) in [4.78, 5) is 32.0. The van der Waals surface area contributed by atoms with Crippen molar-refractivity contribution < 1.29 is 19.7 Å². The van der Waals surface area contributed by atoms with Crippen molar-refractivity contribution in [3.8, 4) is 5.75 Å². The number of benzene rings is 3. The maximum atomic E-state index is 11.9. The van der Waals surface area contributed by atoms with Crippen molar-refractivity contribution in [3.05, 3.63) is 80.4 Å². The molecular weight excluding hydrogens is 394 g/mol. The van der Waals surface area contributed by atoms with Gasteiger partial charge >= 0.3 is 5.69 Å². The van der Waals surface area contributed by atoms with Gasteiger partial charge in [-0.3, -0.25) is 25.0 Å². The van der Waals surface area contributed by atoms with Gasteiger partial charge in [0.1, 0.15) is 0 Å². The number of nitro groups is 2. The summed E-state index contributed by atoms with van der Waals surface area (Å²) in [6, 6.07) is 14.9. The number of anilines is 1. The number of aromatic hydroxyl groups is 1. The van der Waals surface area contributed by atoms with Gasteiger partial charge in [-0.15, -0.1) is 0 Å². The summed E-state index contributed by atoms with van der Waals surface area (Å²) < 4.78 is 0. The highest BCUT2D eigenvalue weighted by Gasteiger charge is 2.23. The van der Waals surface area contributed by atoms with Crippen molar-refractivity contribution in [2.45, 2.75) is 0 Å². The molecule has 11 nitrogen and oxygen atoms in total. The SMILES string of the molecule is O=C(CNc1ccc2ccccc2c1)N/N=C/c1cc([N+](=O)[O-])cc([N+](=O)[O-])c1O. The molecule has 0 atom stereocenters. The Kier molecular flexibility index (Phi) is 5.82. The average Bonchev–Trinajstić information content (AvgIpc) is 2.72. The molecule has 3 aromatic rings. The van der Waals surface area contributed by atoms with E-state index < -0.39 is 32.9 Å². The van der Waals surface area contributed by atoms with E-state index >= 15 is 0 Å². The minimum Gasteiger partial charge on any atom is -0.502 e. The third kappa shape index (κ3) is 4.65. The molecule has 30 heavy (non-hydrogen) atoms. The number of hydrogen-bond donors (Lipinski definition) is 3. The van der Waals surface area contributed by atoms with Gasteiger partial charge in [0.2, 0.25) is 5.75 Å². The number of rotatable bonds is 7. The Morgan fingerprint density at radius 2 is 1.77 bits per heavy atom. The number of nitrogens with zero attached hydrogens (tertiary/aromatic N) is 3. The van der Waals surface area contributed by atoms with Crippen LogP contribution >= 0.6 is 0 Å². The number of fused-ring (bicyclic) bond motifs is 1. The van der Waals surface area contributed by atoms with Gasteiger partial charge in [0.15, 0.2) is 0 Å². The Balaban J connectivity index is 1.65. The largest absolute Gasteiger partial charge is 0.502 e. The maximum absolute atomic E-state index is 11.9. The first-order valence-corrected chi connectivity index (χ1v) is 8.55. The molecule has 0 saturated carbocycles. The molecule has 0 spiro atoms. The average molecular weight is 409 g/mol. The quantitative estimate of drug-likeness (QED) is 0.307. The summed E-state index contributed by atoms with van der Waals surface area (Å²) in [7, 11) is 0. The van der Waals surface area contributed by atoms with Crippen LogP contribution in [-0.2, 0) is 4.79 Å². The van der Waals surface area contributed by atoms with Gasteiger partial charge < -0.3 is 10.4 Å². The summed E-state index contributed by atoms with van der Waals surface area (Å²) >= 11 is 0. The summed E-state index contributed by atoms with van der Waals surface area (Å²) in [5.74, 6) is -1.32. The van der Waals surface area contributed by atoms with Crippen molar-refractivity contribution >= 4 is 40.0 Å². The number of carbonyl (C=O) groups excluding carboxylic acids is 1. The van der Waals surface area contributed by atoms with Crippen molar-refractivity contribution in [2.75, 3.05) is 11.9 Å². The predicted molar refractivity (Wildman–Crippen MR) is 110 cm³/mol. The van der Waals surface area contributed by atoms with Crippen molar-refractivity contribution in [3.63, 3.8) is 0 Å². The van der Waals surface area contributed by atoms with Crippen molar-refractivity contribution in [1.82, 2.24) is 5.43 Å². The smallest absolute Gasteiger partial charge is 0.318 e.